The number of alkyl carbamates (subject to hydrolysis) is 1. The van der Waals surface area contributed by atoms with Gasteiger partial charge in [0.1, 0.15) is 6.61 Å². The molecule has 1 N–H and O–H groups in total. The first-order valence-corrected chi connectivity index (χ1v) is 7.81. The number of carbonyl (C=O) groups is 1. The molecule has 0 saturated carbocycles. The van der Waals surface area contributed by atoms with E-state index in [4.69, 9.17) is 4.74 Å². The van der Waals surface area contributed by atoms with Crippen LogP contribution in [-0.2, 0) is 11.3 Å². The van der Waals surface area contributed by atoms with Gasteiger partial charge in [-0.25, -0.2) is 4.79 Å². The normalized spacial score (nSPS) is 10.6. The Morgan fingerprint density at radius 3 is 2.73 bits per heavy atom. The summed E-state index contributed by atoms with van der Waals surface area (Å²) >= 11 is 3.44. The van der Waals surface area contributed by atoms with Crippen molar-refractivity contribution in [1.82, 2.24) is 5.32 Å². The lowest BCUT2D eigenvalue weighted by Gasteiger charge is -2.05. The molecule has 0 aliphatic carbocycles. The van der Waals surface area contributed by atoms with Crippen LogP contribution < -0.4 is 5.32 Å². The molecule has 2 rings (SSSR count). The summed E-state index contributed by atoms with van der Waals surface area (Å²) in [5, 5.41) is 2.70. The van der Waals surface area contributed by atoms with Crippen molar-refractivity contribution in [2.24, 2.45) is 0 Å². The van der Waals surface area contributed by atoms with E-state index in [0.717, 1.165) is 15.6 Å². The molecule has 4 heteroatoms. The Morgan fingerprint density at radius 2 is 2.00 bits per heavy atom. The van der Waals surface area contributed by atoms with Crippen molar-refractivity contribution in [2.45, 2.75) is 13.5 Å². The standard InChI is InChI=1S/C18H18BrNO2/c1-14-12-17(19)10-9-16(14)8-5-11-20-18(21)22-13-15-6-3-2-4-7-15/h2-10,12H,11,13H2,1H3,(H,20,21). The Hall–Kier alpha value is -2.07. The molecule has 3 nitrogen and oxygen atoms in total. The Balaban J connectivity index is 1.73. The molecule has 0 spiro atoms. The number of hydrogen-bond acceptors (Lipinski definition) is 2. The lowest BCUT2D eigenvalue weighted by Crippen LogP contribution is -2.24. The summed E-state index contributed by atoms with van der Waals surface area (Å²) in [7, 11) is 0. The first-order chi connectivity index (χ1) is 10.6. The predicted molar refractivity (Wildman–Crippen MR) is 92.5 cm³/mol. The zero-order valence-corrected chi connectivity index (χ0v) is 14.0. The fourth-order valence-electron chi connectivity index (χ4n) is 1.93. The molecule has 0 aromatic heterocycles. The first kappa shape index (κ1) is 16.3. The Kier molecular flexibility index (Phi) is 6.22. The topological polar surface area (TPSA) is 38.3 Å². The Bertz CT molecular complexity index is 653. The third-order valence-corrected chi connectivity index (χ3v) is 3.60. The monoisotopic (exact) mass is 359 g/mol. The molecule has 0 radical (unpaired) electrons. The molecule has 0 heterocycles. The van der Waals surface area contributed by atoms with Gasteiger partial charge >= 0.3 is 6.09 Å². The molecule has 0 fully saturated rings. The van der Waals surface area contributed by atoms with Gasteiger partial charge in [0.15, 0.2) is 0 Å². The summed E-state index contributed by atoms with van der Waals surface area (Å²) in [6, 6.07) is 15.7. The van der Waals surface area contributed by atoms with Crippen LogP contribution in [-0.4, -0.2) is 12.6 Å². The second kappa shape index (κ2) is 8.39. The zero-order chi connectivity index (χ0) is 15.8. The maximum Gasteiger partial charge on any atom is 0.407 e. The second-order valence-corrected chi connectivity index (χ2v) is 5.76. The molecule has 114 valence electrons. The average molecular weight is 360 g/mol. The van der Waals surface area contributed by atoms with Crippen molar-refractivity contribution in [2.75, 3.05) is 6.54 Å². The third-order valence-electron chi connectivity index (χ3n) is 3.11. The van der Waals surface area contributed by atoms with Crippen molar-refractivity contribution in [3.05, 3.63) is 75.8 Å². The van der Waals surface area contributed by atoms with Crippen molar-refractivity contribution < 1.29 is 9.53 Å². The minimum Gasteiger partial charge on any atom is -0.445 e. The highest BCUT2D eigenvalue weighted by Crippen LogP contribution is 2.16. The first-order valence-electron chi connectivity index (χ1n) is 7.02. The maximum atomic E-state index is 11.6. The van der Waals surface area contributed by atoms with Crippen LogP contribution in [0, 0.1) is 6.92 Å². The SMILES string of the molecule is Cc1cc(Br)ccc1C=CCNC(=O)OCc1ccccc1. The lowest BCUT2D eigenvalue weighted by atomic mass is 10.1. The van der Waals surface area contributed by atoms with Crippen LogP contribution in [0.1, 0.15) is 16.7 Å². The molecule has 0 saturated heterocycles. The van der Waals surface area contributed by atoms with Crippen LogP contribution in [0.2, 0.25) is 0 Å². The molecule has 0 aliphatic heterocycles. The van der Waals surface area contributed by atoms with Gasteiger partial charge in [0.05, 0.1) is 0 Å². The summed E-state index contributed by atoms with van der Waals surface area (Å²) in [6.45, 7) is 2.76. The highest BCUT2D eigenvalue weighted by Gasteiger charge is 2.00. The van der Waals surface area contributed by atoms with Gasteiger partial charge in [-0.05, 0) is 35.7 Å². The number of nitrogens with one attached hydrogen (secondary N) is 1. The van der Waals surface area contributed by atoms with Gasteiger partial charge in [-0.15, -0.1) is 0 Å². The van der Waals surface area contributed by atoms with Crippen molar-refractivity contribution in [3.63, 3.8) is 0 Å². The average Bonchev–Trinajstić information content (AvgIpc) is 2.52. The molecule has 2 aromatic rings. The number of ether oxygens (including phenoxy) is 1. The van der Waals surface area contributed by atoms with Crippen molar-refractivity contribution in [3.8, 4) is 0 Å². The molecule has 0 aliphatic rings. The Morgan fingerprint density at radius 1 is 1.23 bits per heavy atom. The fraction of sp³-hybridized carbons (Fsp3) is 0.167. The summed E-state index contributed by atoms with van der Waals surface area (Å²) in [5.74, 6) is 0. The van der Waals surface area contributed by atoms with E-state index in [1.807, 2.05) is 61.5 Å². The third kappa shape index (κ3) is 5.37. The molecular weight excluding hydrogens is 342 g/mol. The van der Waals surface area contributed by atoms with E-state index in [9.17, 15) is 4.79 Å². The van der Waals surface area contributed by atoms with Gasteiger partial charge in [-0.2, -0.15) is 0 Å². The van der Waals surface area contributed by atoms with E-state index in [0.29, 0.717) is 6.54 Å². The fourth-order valence-corrected chi connectivity index (χ4v) is 2.40. The minimum absolute atomic E-state index is 0.280. The predicted octanol–water partition coefficient (Wildman–Crippen LogP) is 4.70. The van der Waals surface area contributed by atoms with Crippen LogP contribution in [0.3, 0.4) is 0 Å². The minimum atomic E-state index is -0.416. The summed E-state index contributed by atoms with van der Waals surface area (Å²) < 4.78 is 6.19. The van der Waals surface area contributed by atoms with E-state index >= 15 is 0 Å². The highest BCUT2D eigenvalue weighted by molar-refractivity contribution is 9.10. The second-order valence-electron chi connectivity index (χ2n) is 4.85. The summed E-state index contributed by atoms with van der Waals surface area (Å²) in [6.07, 6.45) is 3.47. The van der Waals surface area contributed by atoms with E-state index in [2.05, 4.69) is 27.3 Å². The van der Waals surface area contributed by atoms with E-state index in [-0.39, 0.29) is 6.61 Å². The van der Waals surface area contributed by atoms with Crippen LogP contribution in [0.5, 0.6) is 0 Å². The smallest absolute Gasteiger partial charge is 0.407 e. The number of aryl methyl sites for hydroxylation is 1. The number of benzene rings is 2. The summed E-state index contributed by atoms with van der Waals surface area (Å²) in [4.78, 5) is 11.6. The van der Waals surface area contributed by atoms with Crippen LogP contribution >= 0.6 is 15.9 Å². The quantitative estimate of drug-likeness (QED) is 0.840. The van der Waals surface area contributed by atoms with Crippen LogP contribution in [0.25, 0.3) is 6.08 Å². The molecule has 2 aromatic carbocycles. The molecule has 0 bridgehead atoms. The maximum absolute atomic E-state index is 11.6. The van der Waals surface area contributed by atoms with E-state index in [1.165, 1.54) is 5.56 Å². The number of carbonyl (C=O) groups excluding carboxylic acids is 1. The molecular formula is C18H18BrNO2. The Labute approximate surface area is 139 Å². The zero-order valence-electron chi connectivity index (χ0n) is 12.4. The van der Waals surface area contributed by atoms with Crippen LogP contribution in [0.15, 0.2) is 59.1 Å². The largest absolute Gasteiger partial charge is 0.445 e. The van der Waals surface area contributed by atoms with Gasteiger partial charge in [0, 0.05) is 11.0 Å². The number of halogens is 1. The number of amides is 1. The molecule has 0 atom stereocenters. The highest BCUT2D eigenvalue weighted by atomic mass is 79.9. The van der Waals surface area contributed by atoms with Crippen LogP contribution in [0.4, 0.5) is 4.79 Å². The molecule has 22 heavy (non-hydrogen) atoms. The molecule has 0 unspecified atom stereocenters. The van der Waals surface area contributed by atoms with E-state index in [1.54, 1.807) is 0 Å². The molecule has 1 amide bonds. The van der Waals surface area contributed by atoms with Crippen molar-refractivity contribution in [1.29, 1.82) is 0 Å². The number of hydrogen-bond donors (Lipinski definition) is 1. The lowest BCUT2D eigenvalue weighted by molar-refractivity contribution is 0.141. The number of rotatable bonds is 5. The van der Waals surface area contributed by atoms with Gasteiger partial charge in [-0.3, -0.25) is 0 Å². The van der Waals surface area contributed by atoms with Crippen molar-refractivity contribution >= 4 is 28.1 Å². The van der Waals surface area contributed by atoms with Gasteiger partial charge in [-0.1, -0.05) is 64.5 Å². The van der Waals surface area contributed by atoms with Gasteiger partial charge < -0.3 is 10.1 Å². The van der Waals surface area contributed by atoms with E-state index < -0.39 is 6.09 Å². The van der Waals surface area contributed by atoms with Gasteiger partial charge in [0.2, 0.25) is 0 Å². The summed E-state index contributed by atoms with van der Waals surface area (Å²) in [5.41, 5.74) is 3.28. The van der Waals surface area contributed by atoms with Gasteiger partial charge in [0.25, 0.3) is 0 Å².